The zero-order chi connectivity index (χ0) is 20.0. The van der Waals surface area contributed by atoms with E-state index < -0.39 is 4.92 Å². The molecule has 1 amide bonds. The molecule has 0 atom stereocenters. The van der Waals surface area contributed by atoms with Crippen molar-refractivity contribution in [3.63, 3.8) is 0 Å². The Hall–Kier alpha value is -3.00. The highest BCUT2D eigenvalue weighted by Crippen LogP contribution is 2.33. The van der Waals surface area contributed by atoms with Gasteiger partial charge in [-0.15, -0.1) is 0 Å². The predicted octanol–water partition coefficient (Wildman–Crippen LogP) is 4.36. The second kappa shape index (κ2) is 6.87. The van der Waals surface area contributed by atoms with Gasteiger partial charge in [0, 0.05) is 24.2 Å². The van der Waals surface area contributed by atoms with Gasteiger partial charge in [-0.1, -0.05) is 6.07 Å². The van der Waals surface area contributed by atoms with Crippen LogP contribution in [0, 0.1) is 24.0 Å². The summed E-state index contributed by atoms with van der Waals surface area (Å²) in [5.41, 5.74) is 4.83. The van der Waals surface area contributed by atoms with Gasteiger partial charge in [0.1, 0.15) is 0 Å². The van der Waals surface area contributed by atoms with Gasteiger partial charge in [0.25, 0.3) is 11.6 Å². The smallest absolute Gasteiger partial charge is 0.271 e. The molecule has 1 aromatic heterocycles. The molecule has 0 aliphatic carbocycles. The first kappa shape index (κ1) is 18.4. The van der Waals surface area contributed by atoms with E-state index in [0.29, 0.717) is 24.2 Å². The van der Waals surface area contributed by atoms with E-state index >= 15 is 0 Å². The fourth-order valence-corrected chi connectivity index (χ4v) is 3.72. The average molecular weight is 441 g/mol. The molecule has 0 N–H and O–H groups in total. The van der Waals surface area contributed by atoms with Crippen molar-refractivity contribution < 1.29 is 9.72 Å². The normalized spacial score (nSPS) is 12.9. The van der Waals surface area contributed by atoms with Gasteiger partial charge in [-0.05, 0) is 66.0 Å². The van der Waals surface area contributed by atoms with Gasteiger partial charge >= 0.3 is 0 Å². The van der Waals surface area contributed by atoms with Gasteiger partial charge in [-0.3, -0.25) is 14.9 Å². The highest BCUT2D eigenvalue weighted by atomic mass is 79.9. The van der Waals surface area contributed by atoms with E-state index in [4.69, 9.17) is 0 Å². The Balaban J connectivity index is 1.63. The van der Waals surface area contributed by atoms with Gasteiger partial charge < -0.3 is 4.90 Å². The summed E-state index contributed by atoms with van der Waals surface area (Å²) in [6.07, 6.45) is 0.691. The van der Waals surface area contributed by atoms with Crippen molar-refractivity contribution in [3.05, 3.63) is 79.6 Å². The summed E-state index contributed by atoms with van der Waals surface area (Å²) in [5.74, 6) is -0.166. The average Bonchev–Trinajstić information content (AvgIpc) is 3.23. The number of non-ortho nitro benzene ring substituents is 1. The standard InChI is InChI=1S/C20H17BrN4O3/c1-12-19(21)13(2)24(22-12)16-6-4-15(5-7-16)20(26)23-10-9-14-3-8-17(25(27)28)11-18(14)23/h3-8,11H,9-10H2,1-2H3. The number of benzene rings is 2. The summed E-state index contributed by atoms with van der Waals surface area (Å²) in [7, 11) is 0. The number of hydrogen-bond donors (Lipinski definition) is 0. The Morgan fingerprint density at radius 3 is 2.50 bits per heavy atom. The summed E-state index contributed by atoms with van der Waals surface area (Å²) in [6, 6.07) is 11.9. The lowest BCUT2D eigenvalue weighted by Gasteiger charge is -2.17. The number of nitro groups is 1. The van der Waals surface area contributed by atoms with Gasteiger partial charge in [-0.25, -0.2) is 4.68 Å². The van der Waals surface area contributed by atoms with Gasteiger partial charge in [0.15, 0.2) is 0 Å². The number of carbonyl (C=O) groups excluding carboxylic acids is 1. The number of nitrogens with zero attached hydrogens (tertiary/aromatic N) is 4. The Labute approximate surface area is 169 Å². The zero-order valence-electron chi connectivity index (χ0n) is 15.3. The molecule has 0 saturated carbocycles. The molecule has 1 aliphatic heterocycles. The molecule has 0 spiro atoms. The summed E-state index contributed by atoms with van der Waals surface area (Å²) >= 11 is 3.52. The lowest BCUT2D eigenvalue weighted by molar-refractivity contribution is -0.384. The third-order valence-corrected chi connectivity index (χ3v) is 6.13. The Bertz CT molecular complexity index is 1110. The van der Waals surface area contributed by atoms with E-state index in [9.17, 15) is 14.9 Å². The third kappa shape index (κ3) is 2.99. The number of rotatable bonds is 3. The molecule has 0 fully saturated rings. The number of aryl methyl sites for hydroxylation is 1. The molecule has 28 heavy (non-hydrogen) atoms. The van der Waals surface area contributed by atoms with Crippen molar-refractivity contribution in [2.75, 3.05) is 11.4 Å². The van der Waals surface area contributed by atoms with Gasteiger partial charge in [-0.2, -0.15) is 5.10 Å². The van der Waals surface area contributed by atoms with Crippen LogP contribution in [0.2, 0.25) is 0 Å². The molecule has 0 radical (unpaired) electrons. The summed E-state index contributed by atoms with van der Waals surface area (Å²) in [4.78, 5) is 25.2. The van der Waals surface area contributed by atoms with Crippen LogP contribution in [0.15, 0.2) is 46.9 Å². The zero-order valence-corrected chi connectivity index (χ0v) is 16.9. The van der Waals surface area contributed by atoms with Crippen LogP contribution in [0.5, 0.6) is 0 Å². The van der Waals surface area contributed by atoms with Crippen LogP contribution >= 0.6 is 15.9 Å². The van der Waals surface area contributed by atoms with E-state index in [-0.39, 0.29) is 11.6 Å². The predicted molar refractivity (Wildman–Crippen MR) is 109 cm³/mol. The number of aromatic nitrogens is 2. The molecule has 0 unspecified atom stereocenters. The van der Waals surface area contributed by atoms with Gasteiger partial charge in [0.05, 0.1) is 32.2 Å². The Morgan fingerprint density at radius 2 is 1.89 bits per heavy atom. The van der Waals surface area contributed by atoms with Crippen LogP contribution in [0.1, 0.15) is 27.3 Å². The summed E-state index contributed by atoms with van der Waals surface area (Å²) in [5, 5.41) is 15.6. The maximum absolute atomic E-state index is 13.0. The minimum Gasteiger partial charge on any atom is -0.308 e. The van der Waals surface area contributed by atoms with Crippen molar-refractivity contribution in [1.82, 2.24) is 9.78 Å². The number of carbonyl (C=O) groups is 1. The molecule has 142 valence electrons. The maximum atomic E-state index is 13.0. The van der Waals surface area contributed by atoms with Crippen molar-refractivity contribution in [1.29, 1.82) is 0 Å². The molecule has 2 heterocycles. The molecule has 1 aliphatic rings. The molecule has 2 aromatic carbocycles. The first-order chi connectivity index (χ1) is 13.4. The van der Waals surface area contributed by atoms with E-state index in [2.05, 4.69) is 21.0 Å². The molecule has 0 bridgehead atoms. The largest absolute Gasteiger partial charge is 0.308 e. The third-order valence-electron chi connectivity index (χ3n) is 4.98. The molecule has 0 saturated heterocycles. The molecular formula is C20H17BrN4O3. The summed E-state index contributed by atoms with van der Waals surface area (Å²) < 4.78 is 2.78. The molecule has 3 aromatic rings. The highest BCUT2D eigenvalue weighted by molar-refractivity contribution is 9.10. The van der Waals surface area contributed by atoms with Crippen molar-refractivity contribution in [3.8, 4) is 5.69 Å². The van der Waals surface area contributed by atoms with Crippen LogP contribution in [0.3, 0.4) is 0 Å². The monoisotopic (exact) mass is 440 g/mol. The fourth-order valence-electron chi connectivity index (χ4n) is 3.47. The van der Waals surface area contributed by atoms with Crippen LogP contribution in [0.4, 0.5) is 11.4 Å². The molecule has 4 rings (SSSR count). The van der Waals surface area contributed by atoms with Crippen molar-refractivity contribution in [2.24, 2.45) is 0 Å². The van der Waals surface area contributed by atoms with E-state index in [0.717, 1.165) is 27.1 Å². The van der Waals surface area contributed by atoms with Crippen LogP contribution < -0.4 is 4.90 Å². The molecule has 8 heteroatoms. The topological polar surface area (TPSA) is 81.3 Å². The first-order valence-electron chi connectivity index (χ1n) is 8.78. The van der Waals surface area contributed by atoms with Crippen LogP contribution in [-0.2, 0) is 6.42 Å². The Kier molecular flexibility index (Phi) is 4.50. The van der Waals surface area contributed by atoms with Crippen molar-refractivity contribution in [2.45, 2.75) is 20.3 Å². The maximum Gasteiger partial charge on any atom is 0.271 e. The quantitative estimate of drug-likeness (QED) is 0.447. The van der Waals surface area contributed by atoms with Crippen LogP contribution in [-0.4, -0.2) is 27.2 Å². The Morgan fingerprint density at radius 1 is 1.18 bits per heavy atom. The number of halogens is 1. The number of nitro benzene ring substituents is 1. The molecule has 7 nitrogen and oxygen atoms in total. The SMILES string of the molecule is Cc1nn(-c2ccc(C(=O)N3CCc4ccc([N+](=O)[O-])cc43)cc2)c(C)c1Br. The van der Waals surface area contributed by atoms with E-state index in [1.807, 2.05) is 30.7 Å². The number of hydrogen-bond acceptors (Lipinski definition) is 4. The second-order valence-electron chi connectivity index (χ2n) is 6.72. The van der Waals surface area contributed by atoms with E-state index in [1.54, 1.807) is 23.1 Å². The lowest BCUT2D eigenvalue weighted by atomic mass is 10.1. The molecular weight excluding hydrogens is 424 g/mol. The number of fused-ring (bicyclic) bond motifs is 1. The van der Waals surface area contributed by atoms with Gasteiger partial charge in [0.2, 0.25) is 0 Å². The fraction of sp³-hybridized carbons (Fsp3) is 0.200. The number of anilines is 1. The summed E-state index contributed by atoms with van der Waals surface area (Å²) in [6.45, 7) is 4.41. The lowest BCUT2D eigenvalue weighted by Crippen LogP contribution is -2.28. The van der Waals surface area contributed by atoms with Crippen LogP contribution in [0.25, 0.3) is 5.69 Å². The number of amides is 1. The first-order valence-corrected chi connectivity index (χ1v) is 9.57. The minimum absolute atomic E-state index is 0.0103. The van der Waals surface area contributed by atoms with Crippen molar-refractivity contribution >= 4 is 33.2 Å². The highest BCUT2D eigenvalue weighted by Gasteiger charge is 2.27. The van der Waals surface area contributed by atoms with E-state index in [1.165, 1.54) is 12.1 Å². The second-order valence-corrected chi connectivity index (χ2v) is 7.51. The minimum atomic E-state index is -0.442.